The van der Waals surface area contributed by atoms with E-state index in [0.29, 0.717) is 17.1 Å². The molecule has 0 aromatic heterocycles. The van der Waals surface area contributed by atoms with Crippen LogP contribution in [0.2, 0.25) is 0 Å². The third kappa shape index (κ3) is 5.09. The molecular weight excluding hydrogens is 258 g/mol. The average Bonchev–Trinajstić information content (AvgIpc) is 2.37. The first-order valence-electron chi connectivity index (χ1n) is 6.72. The highest BCUT2D eigenvalue weighted by Crippen LogP contribution is 2.29. The van der Waals surface area contributed by atoms with Gasteiger partial charge in [0.15, 0.2) is 0 Å². The van der Waals surface area contributed by atoms with Crippen molar-refractivity contribution in [2.45, 2.75) is 39.3 Å². The van der Waals surface area contributed by atoms with Gasteiger partial charge in [-0.1, -0.05) is 0 Å². The molecule has 112 valence electrons. The van der Waals surface area contributed by atoms with E-state index in [1.54, 1.807) is 32.2 Å². The monoisotopic (exact) mass is 281 g/mol. The van der Waals surface area contributed by atoms with Crippen molar-refractivity contribution in [1.29, 1.82) is 0 Å². The van der Waals surface area contributed by atoms with Crippen molar-refractivity contribution in [3.8, 4) is 11.5 Å². The second-order valence-electron chi connectivity index (χ2n) is 4.90. The average molecular weight is 281 g/mol. The number of amides is 1. The van der Waals surface area contributed by atoms with Gasteiger partial charge in [-0.3, -0.25) is 4.79 Å². The van der Waals surface area contributed by atoms with Crippen molar-refractivity contribution in [1.82, 2.24) is 5.32 Å². The van der Waals surface area contributed by atoms with Crippen molar-refractivity contribution < 1.29 is 19.4 Å². The lowest BCUT2D eigenvalue weighted by Gasteiger charge is -2.15. The summed E-state index contributed by atoms with van der Waals surface area (Å²) in [7, 11) is 1.57. The quantitative estimate of drug-likeness (QED) is 0.802. The Bertz CT molecular complexity index is 443. The number of aliphatic hydroxyl groups excluding tert-OH is 1. The topological polar surface area (TPSA) is 67.8 Å². The molecule has 0 spiro atoms. The lowest BCUT2D eigenvalue weighted by molar-refractivity contribution is -0.122. The molecule has 0 aliphatic rings. The number of aliphatic hydroxyl groups is 1. The number of methoxy groups -OCH3 is 1. The summed E-state index contributed by atoms with van der Waals surface area (Å²) in [4.78, 5) is 11.5. The zero-order valence-corrected chi connectivity index (χ0v) is 12.5. The maximum Gasteiger partial charge on any atom is 0.223 e. The minimum atomic E-state index is -0.639. The van der Waals surface area contributed by atoms with Crippen molar-refractivity contribution in [2.75, 3.05) is 13.7 Å². The smallest absolute Gasteiger partial charge is 0.223 e. The molecule has 0 heterocycles. The van der Waals surface area contributed by atoms with Crippen LogP contribution < -0.4 is 14.8 Å². The number of nitrogens with one attached hydrogen (secondary N) is 1. The highest BCUT2D eigenvalue weighted by atomic mass is 16.5. The zero-order valence-electron chi connectivity index (χ0n) is 12.5. The van der Waals surface area contributed by atoms with Crippen molar-refractivity contribution >= 4 is 5.91 Å². The van der Waals surface area contributed by atoms with Crippen molar-refractivity contribution in [3.05, 3.63) is 23.8 Å². The molecule has 0 radical (unpaired) electrons. The van der Waals surface area contributed by atoms with Gasteiger partial charge in [0.2, 0.25) is 5.91 Å². The molecule has 1 atom stereocenters. The molecule has 0 saturated heterocycles. The molecule has 20 heavy (non-hydrogen) atoms. The first-order valence-corrected chi connectivity index (χ1v) is 6.72. The number of carbonyl (C=O) groups excluding carboxylic acids is 1. The van der Waals surface area contributed by atoms with Gasteiger partial charge in [0.25, 0.3) is 0 Å². The SMILES string of the molecule is COc1ccc([C@@H](C)O)c(OCCC(=O)NC(C)C)c1. The summed E-state index contributed by atoms with van der Waals surface area (Å²) in [5.74, 6) is 1.13. The van der Waals surface area contributed by atoms with Crippen LogP contribution in [-0.4, -0.2) is 30.8 Å². The van der Waals surface area contributed by atoms with Gasteiger partial charge in [0, 0.05) is 17.7 Å². The van der Waals surface area contributed by atoms with E-state index in [9.17, 15) is 9.90 Å². The van der Waals surface area contributed by atoms with Gasteiger partial charge in [-0.2, -0.15) is 0 Å². The van der Waals surface area contributed by atoms with Crippen LogP contribution in [0.25, 0.3) is 0 Å². The summed E-state index contributed by atoms with van der Waals surface area (Å²) in [6, 6.07) is 5.35. The zero-order chi connectivity index (χ0) is 15.1. The highest BCUT2D eigenvalue weighted by molar-refractivity contribution is 5.76. The van der Waals surface area contributed by atoms with E-state index >= 15 is 0 Å². The van der Waals surface area contributed by atoms with Crippen LogP contribution in [0.4, 0.5) is 0 Å². The molecule has 0 aliphatic heterocycles. The van der Waals surface area contributed by atoms with Gasteiger partial charge >= 0.3 is 0 Å². The molecule has 5 heteroatoms. The van der Waals surface area contributed by atoms with Gasteiger partial charge in [-0.15, -0.1) is 0 Å². The largest absolute Gasteiger partial charge is 0.497 e. The van der Waals surface area contributed by atoms with Gasteiger partial charge in [0.1, 0.15) is 11.5 Å². The normalized spacial score (nSPS) is 12.1. The number of hydrogen-bond acceptors (Lipinski definition) is 4. The molecule has 0 fully saturated rings. The standard InChI is InChI=1S/C15H23NO4/c1-10(2)16-15(18)7-8-20-14-9-12(19-4)5-6-13(14)11(3)17/h5-6,9-11,17H,7-8H2,1-4H3,(H,16,18)/t11-/m1/s1. The molecule has 1 rings (SSSR count). The summed E-state index contributed by atoms with van der Waals surface area (Å²) in [5.41, 5.74) is 0.676. The number of rotatable bonds is 7. The second-order valence-corrected chi connectivity index (χ2v) is 4.90. The number of hydrogen-bond donors (Lipinski definition) is 2. The van der Waals surface area contributed by atoms with Gasteiger partial charge in [-0.05, 0) is 32.9 Å². The lowest BCUT2D eigenvalue weighted by atomic mass is 10.1. The fraction of sp³-hybridized carbons (Fsp3) is 0.533. The molecule has 1 amide bonds. The van der Waals surface area contributed by atoms with Crippen molar-refractivity contribution in [3.63, 3.8) is 0 Å². The Morgan fingerprint density at radius 1 is 1.35 bits per heavy atom. The number of benzene rings is 1. The molecule has 1 aromatic carbocycles. The Balaban J connectivity index is 2.64. The van der Waals surface area contributed by atoms with Gasteiger partial charge < -0.3 is 19.9 Å². The van der Waals surface area contributed by atoms with Crippen LogP contribution in [0.15, 0.2) is 18.2 Å². The molecule has 1 aromatic rings. The summed E-state index contributed by atoms with van der Waals surface area (Å²) in [5, 5.41) is 12.5. The Kier molecular flexibility index (Phi) is 6.31. The Labute approximate surface area is 119 Å². The maximum absolute atomic E-state index is 11.5. The van der Waals surface area contributed by atoms with Crippen LogP contribution in [0.5, 0.6) is 11.5 Å². The van der Waals surface area contributed by atoms with Crippen LogP contribution in [0.1, 0.15) is 38.9 Å². The van der Waals surface area contributed by atoms with E-state index < -0.39 is 6.10 Å². The molecule has 5 nitrogen and oxygen atoms in total. The Hall–Kier alpha value is -1.75. The summed E-state index contributed by atoms with van der Waals surface area (Å²) in [6.07, 6.45) is -0.366. The fourth-order valence-corrected chi connectivity index (χ4v) is 1.76. The Morgan fingerprint density at radius 3 is 2.60 bits per heavy atom. The molecule has 0 saturated carbocycles. The molecular formula is C15H23NO4. The third-order valence-corrected chi connectivity index (χ3v) is 2.71. The highest BCUT2D eigenvalue weighted by Gasteiger charge is 2.11. The van der Waals surface area contributed by atoms with E-state index in [4.69, 9.17) is 9.47 Å². The molecule has 0 unspecified atom stereocenters. The first kappa shape index (κ1) is 16.3. The minimum Gasteiger partial charge on any atom is -0.497 e. The van der Waals surface area contributed by atoms with Crippen LogP contribution in [-0.2, 0) is 4.79 Å². The van der Waals surface area contributed by atoms with E-state index in [0.717, 1.165) is 0 Å². The number of ether oxygens (including phenoxy) is 2. The maximum atomic E-state index is 11.5. The fourth-order valence-electron chi connectivity index (χ4n) is 1.76. The number of carbonyl (C=O) groups is 1. The summed E-state index contributed by atoms with van der Waals surface area (Å²) >= 11 is 0. The minimum absolute atomic E-state index is 0.0542. The molecule has 0 bridgehead atoms. The predicted molar refractivity (Wildman–Crippen MR) is 77.0 cm³/mol. The van der Waals surface area contributed by atoms with Gasteiger partial charge in [0.05, 0.1) is 26.2 Å². The van der Waals surface area contributed by atoms with E-state index in [1.807, 2.05) is 13.8 Å². The molecule has 0 aliphatic carbocycles. The van der Waals surface area contributed by atoms with E-state index in [2.05, 4.69) is 5.32 Å². The van der Waals surface area contributed by atoms with Crippen LogP contribution >= 0.6 is 0 Å². The second kappa shape index (κ2) is 7.75. The van der Waals surface area contributed by atoms with Crippen LogP contribution in [0, 0.1) is 0 Å². The van der Waals surface area contributed by atoms with E-state index in [-0.39, 0.29) is 25.0 Å². The molecule has 2 N–H and O–H groups in total. The van der Waals surface area contributed by atoms with E-state index in [1.165, 1.54) is 0 Å². The Morgan fingerprint density at radius 2 is 2.05 bits per heavy atom. The van der Waals surface area contributed by atoms with Crippen LogP contribution in [0.3, 0.4) is 0 Å². The first-order chi connectivity index (χ1) is 9.43. The predicted octanol–water partition coefficient (Wildman–Crippen LogP) is 2.04. The lowest BCUT2D eigenvalue weighted by Crippen LogP contribution is -2.31. The van der Waals surface area contributed by atoms with Gasteiger partial charge in [-0.25, -0.2) is 0 Å². The summed E-state index contributed by atoms with van der Waals surface area (Å²) < 4.78 is 10.7. The van der Waals surface area contributed by atoms with Crippen molar-refractivity contribution in [2.24, 2.45) is 0 Å². The summed E-state index contributed by atoms with van der Waals surface area (Å²) in [6.45, 7) is 5.74. The third-order valence-electron chi connectivity index (χ3n) is 2.71.